The van der Waals surface area contributed by atoms with E-state index < -0.39 is 0 Å². The summed E-state index contributed by atoms with van der Waals surface area (Å²) in [5.74, 6) is 0.948. The van der Waals surface area contributed by atoms with Gasteiger partial charge in [0.05, 0.1) is 0 Å². The van der Waals surface area contributed by atoms with Crippen LogP contribution in [0.1, 0.15) is 21.8 Å². The number of fused-ring (bicyclic) bond motifs is 3. The van der Waals surface area contributed by atoms with Crippen molar-refractivity contribution >= 4 is 28.8 Å². The van der Waals surface area contributed by atoms with E-state index in [9.17, 15) is 4.79 Å². The zero-order chi connectivity index (χ0) is 14.4. The molecule has 3 heterocycles. The second-order valence-corrected chi connectivity index (χ2v) is 7.16. The van der Waals surface area contributed by atoms with Crippen molar-refractivity contribution in [1.29, 1.82) is 0 Å². The maximum atomic E-state index is 12.4. The first-order chi connectivity index (χ1) is 10.2. The molecule has 5 heteroatoms. The van der Waals surface area contributed by atoms with E-state index in [1.807, 2.05) is 17.5 Å². The van der Waals surface area contributed by atoms with Crippen LogP contribution in [0.25, 0.3) is 11.1 Å². The summed E-state index contributed by atoms with van der Waals surface area (Å²) in [6.07, 6.45) is 0. The van der Waals surface area contributed by atoms with Gasteiger partial charge in [-0.1, -0.05) is 23.7 Å². The van der Waals surface area contributed by atoms with Crippen LogP contribution in [0.5, 0.6) is 0 Å². The van der Waals surface area contributed by atoms with E-state index in [2.05, 4.69) is 22.8 Å². The summed E-state index contributed by atoms with van der Waals surface area (Å²) in [7, 11) is 0. The van der Waals surface area contributed by atoms with Crippen LogP contribution in [-0.2, 0) is 0 Å². The highest BCUT2D eigenvalue weighted by Crippen LogP contribution is 2.37. The summed E-state index contributed by atoms with van der Waals surface area (Å²) in [6, 6.07) is 8.18. The van der Waals surface area contributed by atoms with Crippen molar-refractivity contribution in [2.24, 2.45) is 5.92 Å². The fourth-order valence-corrected chi connectivity index (χ4v) is 4.34. The Kier molecular flexibility index (Phi) is 3.25. The minimum Gasteiger partial charge on any atom is -0.352 e. The molecule has 0 saturated carbocycles. The highest BCUT2D eigenvalue weighted by Gasteiger charge is 2.34. The molecule has 21 heavy (non-hydrogen) atoms. The first kappa shape index (κ1) is 13.3. The molecule has 1 amide bonds. The van der Waals surface area contributed by atoms with Crippen LogP contribution in [0.4, 0.5) is 0 Å². The minimum atomic E-state index is 0.0348. The van der Waals surface area contributed by atoms with Crippen LogP contribution >= 0.6 is 22.9 Å². The van der Waals surface area contributed by atoms with Crippen molar-refractivity contribution in [2.45, 2.75) is 5.92 Å². The zero-order valence-corrected chi connectivity index (χ0v) is 12.9. The van der Waals surface area contributed by atoms with Crippen molar-refractivity contribution in [3.8, 4) is 11.1 Å². The molecule has 3 nitrogen and oxygen atoms in total. The van der Waals surface area contributed by atoms with E-state index >= 15 is 0 Å². The lowest BCUT2D eigenvalue weighted by Gasteiger charge is -2.16. The molecule has 2 N–H and O–H groups in total. The largest absolute Gasteiger partial charge is 0.352 e. The molecule has 2 aromatic rings. The number of benzene rings is 1. The first-order valence-corrected chi connectivity index (χ1v) is 8.36. The highest BCUT2D eigenvalue weighted by molar-refractivity contribution is 7.15. The molecule has 2 aliphatic rings. The van der Waals surface area contributed by atoms with E-state index in [4.69, 9.17) is 11.6 Å². The Labute approximate surface area is 132 Å². The van der Waals surface area contributed by atoms with Crippen LogP contribution in [0.3, 0.4) is 0 Å². The molecular formula is C16H15ClN2OS. The molecule has 0 bridgehead atoms. The third-order valence-corrected chi connectivity index (χ3v) is 5.66. The van der Waals surface area contributed by atoms with E-state index in [0.717, 1.165) is 46.2 Å². The minimum absolute atomic E-state index is 0.0348. The number of amides is 1. The van der Waals surface area contributed by atoms with Gasteiger partial charge in [0, 0.05) is 36.7 Å². The van der Waals surface area contributed by atoms with E-state index in [1.165, 1.54) is 11.3 Å². The molecule has 0 aliphatic carbocycles. The molecule has 1 aromatic heterocycles. The standard InChI is InChI=1S/C16H15ClN2OS/c17-15-11(3-4-21-15)9-1-2-12-13(5-9)16(20)19-7-10-6-18-8-14(10)12/h1-5,10,14,18H,6-8H2,(H,19,20)/t10-,14+/m0/s1. The van der Waals surface area contributed by atoms with Crippen LogP contribution < -0.4 is 10.6 Å². The predicted molar refractivity (Wildman–Crippen MR) is 86.2 cm³/mol. The number of carbonyl (C=O) groups excluding carboxylic acids is 1. The molecule has 0 unspecified atom stereocenters. The number of rotatable bonds is 1. The smallest absolute Gasteiger partial charge is 0.251 e. The Hall–Kier alpha value is -1.36. The average Bonchev–Trinajstić information content (AvgIpc) is 3.10. The Balaban J connectivity index is 1.83. The molecule has 0 spiro atoms. The zero-order valence-electron chi connectivity index (χ0n) is 11.4. The summed E-state index contributed by atoms with van der Waals surface area (Å²) in [4.78, 5) is 12.4. The number of nitrogens with one attached hydrogen (secondary N) is 2. The first-order valence-electron chi connectivity index (χ1n) is 7.10. The Morgan fingerprint density at radius 3 is 2.86 bits per heavy atom. The van der Waals surface area contributed by atoms with Gasteiger partial charge in [-0.15, -0.1) is 11.3 Å². The van der Waals surface area contributed by atoms with Gasteiger partial charge in [0.15, 0.2) is 0 Å². The Bertz CT molecular complexity index is 712. The lowest BCUT2D eigenvalue weighted by molar-refractivity contribution is 0.0952. The van der Waals surface area contributed by atoms with E-state index in [1.54, 1.807) is 0 Å². The Morgan fingerprint density at radius 1 is 1.14 bits per heavy atom. The number of halogens is 1. The second-order valence-electron chi connectivity index (χ2n) is 5.64. The number of carbonyl (C=O) groups is 1. The SMILES string of the molecule is O=C1NC[C@@H]2CNC[C@H]2c2ccc(-c3ccsc3Cl)cc21. The maximum absolute atomic E-state index is 12.4. The molecular weight excluding hydrogens is 304 g/mol. The molecule has 0 radical (unpaired) electrons. The van der Waals surface area contributed by atoms with E-state index in [-0.39, 0.29) is 5.91 Å². The fourth-order valence-electron chi connectivity index (χ4n) is 3.37. The summed E-state index contributed by atoms with van der Waals surface area (Å²) in [6.45, 7) is 2.67. The summed E-state index contributed by atoms with van der Waals surface area (Å²) in [5.41, 5.74) is 3.98. The number of hydrogen-bond donors (Lipinski definition) is 2. The van der Waals surface area contributed by atoms with Gasteiger partial charge < -0.3 is 10.6 Å². The quantitative estimate of drug-likeness (QED) is 0.848. The van der Waals surface area contributed by atoms with Crippen LogP contribution in [-0.4, -0.2) is 25.5 Å². The van der Waals surface area contributed by atoms with Gasteiger partial charge in [-0.3, -0.25) is 4.79 Å². The number of thiophene rings is 1. The van der Waals surface area contributed by atoms with Crippen LogP contribution in [0.15, 0.2) is 29.6 Å². The average molecular weight is 319 g/mol. The second kappa shape index (κ2) is 5.13. The molecule has 2 atom stereocenters. The van der Waals surface area contributed by atoms with Gasteiger partial charge in [-0.2, -0.15) is 0 Å². The van der Waals surface area contributed by atoms with Crippen molar-refractivity contribution in [2.75, 3.05) is 19.6 Å². The van der Waals surface area contributed by atoms with Crippen LogP contribution in [0.2, 0.25) is 4.34 Å². The third-order valence-electron chi connectivity index (χ3n) is 4.49. The molecule has 108 valence electrons. The van der Waals surface area contributed by atoms with Gasteiger partial charge >= 0.3 is 0 Å². The number of hydrogen-bond acceptors (Lipinski definition) is 3. The summed E-state index contributed by atoms with van der Waals surface area (Å²) in [5, 5.41) is 8.45. The lowest BCUT2D eigenvalue weighted by atomic mass is 9.86. The molecule has 2 aliphatic heterocycles. The summed E-state index contributed by atoms with van der Waals surface area (Å²) < 4.78 is 0.768. The van der Waals surface area contributed by atoms with Gasteiger partial charge in [0.25, 0.3) is 5.91 Å². The summed E-state index contributed by atoms with van der Waals surface area (Å²) >= 11 is 7.74. The van der Waals surface area contributed by atoms with Gasteiger partial charge in [0.2, 0.25) is 0 Å². The van der Waals surface area contributed by atoms with Crippen molar-refractivity contribution < 1.29 is 4.79 Å². The Morgan fingerprint density at radius 2 is 2.05 bits per heavy atom. The van der Waals surface area contributed by atoms with Crippen molar-refractivity contribution in [3.05, 3.63) is 45.1 Å². The van der Waals surface area contributed by atoms with Gasteiger partial charge in [-0.25, -0.2) is 0 Å². The maximum Gasteiger partial charge on any atom is 0.251 e. The van der Waals surface area contributed by atoms with Gasteiger partial charge in [0.1, 0.15) is 4.34 Å². The monoisotopic (exact) mass is 318 g/mol. The lowest BCUT2D eigenvalue weighted by Crippen LogP contribution is -2.28. The molecule has 1 aromatic carbocycles. The fraction of sp³-hybridized carbons (Fsp3) is 0.312. The molecule has 4 rings (SSSR count). The van der Waals surface area contributed by atoms with Crippen LogP contribution in [0, 0.1) is 5.92 Å². The van der Waals surface area contributed by atoms with Crippen molar-refractivity contribution in [3.63, 3.8) is 0 Å². The molecule has 1 saturated heterocycles. The predicted octanol–water partition coefficient (Wildman–Crippen LogP) is 3.11. The molecule has 1 fully saturated rings. The highest BCUT2D eigenvalue weighted by atomic mass is 35.5. The van der Waals surface area contributed by atoms with Crippen molar-refractivity contribution in [1.82, 2.24) is 10.6 Å². The van der Waals surface area contributed by atoms with E-state index in [0.29, 0.717) is 11.8 Å². The third kappa shape index (κ3) is 2.18. The topological polar surface area (TPSA) is 41.1 Å². The normalized spacial score (nSPS) is 24.1. The van der Waals surface area contributed by atoms with Gasteiger partial charge in [-0.05, 0) is 34.6 Å².